The number of morpholine rings is 1. The van der Waals surface area contributed by atoms with Crippen molar-refractivity contribution in [3.05, 3.63) is 52.3 Å². The molecule has 0 N–H and O–H groups in total. The Morgan fingerprint density at radius 2 is 1.81 bits per heavy atom. The van der Waals surface area contributed by atoms with Gasteiger partial charge in [-0.1, -0.05) is 30.3 Å². The number of carbonyl (C=O) groups is 1. The van der Waals surface area contributed by atoms with Gasteiger partial charge in [-0.15, -0.1) is 0 Å². The zero-order chi connectivity index (χ0) is 23.0. The van der Waals surface area contributed by atoms with Crippen LogP contribution < -0.4 is 15.4 Å². The lowest BCUT2D eigenvalue weighted by atomic mass is 10.1. The van der Waals surface area contributed by atoms with Crippen LogP contribution in [0.5, 0.6) is 0 Å². The maximum absolute atomic E-state index is 13.9. The molecule has 2 aliphatic heterocycles. The van der Waals surface area contributed by atoms with Gasteiger partial charge in [-0.05, 0) is 20.3 Å². The summed E-state index contributed by atoms with van der Waals surface area (Å²) in [7, 11) is 0. The van der Waals surface area contributed by atoms with Crippen LogP contribution in [0.2, 0.25) is 0 Å². The quantitative estimate of drug-likeness (QED) is 0.668. The second kappa shape index (κ2) is 8.57. The first-order chi connectivity index (χ1) is 15.2. The summed E-state index contributed by atoms with van der Waals surface area (Å²) >= 11 is 0. The average molecular weight is 450 g/mol. The van der Waals surface area contributed by atoms with Crippen LogP contribution >= 0.6 is 0 Å². The number of fused-ring (bicyclic) bond motifs is 1. The maximum Gasteiger partial charge on any atom is 0.408 e. The number of benzene rings is 1. The van der Waals surface area contributed by atoms with E-state index in [-0.39, 0.29) is 31.0 Å². The minimum absolute atomic E-state index is 0.102. The molecule has 1 aromatic carbocycles. The summed E-state index contributed by atoms with van der Waals surface area (Å²) in [5, 5.41) is 0. The Labute approximate surface area is 183 Å². The first-order valence-corrected chi connectivity index (χ1v) is 10.6. The zero-order valence-electron chi connectivity index (χ0n) is 17.9. The number of ketones is 1. The van der Waals surface area contributed by atoms with Crippen LogP contribution in [0.25, 0.3) is 0 Å². The summed E-state index contributed by atoms with van der Waals surface area (Å²) in [5.74, 6) is -0.304. The molecule has 0 unspecified atom stereocenters. The van der Waals surface area contributed by atoms with Crippen molar-refractivity contribution in [1.29, 1.82) is 0 Å². The van der Waals surface area contributed by atoms with Gasteiger partial charge in [-0.25, -0.2) is 0 Å². The van der Waals surface area contributed by atoms with Crippen LogP contribution in [0.1, 0.15) is 30.6 Å². The lowest BCUT2D eigenvalue weighted by molar-refractivity contribution is -0.152. The molecule has 4 rings (SSSR count). The second-order valence-electron chi connectivity index (χ2n) is 8.31. The number of Topliss-reactive ketones (excluding diaryl/α,β-unsaturated/α-hetero) is 1. The highest BCUT2D eigenvalue weighted by atomic mass is 19.4. The molecule has 172 valence electrons. The van der Waals surface area contributed by atoms with Gasteiger partial charge < -0.3 is 14.5 Å². The average Bonchev–Trinajstić information content (AvgIpc) is 2.74. The molecule has 2 aliphatic rings. The fourth-order valence-corrected chi connectivity index (χ4v) is 4.44. The Morgan fingerprint density at radius 3 is 2.44 bits per heavy atom. The molecule has 3 atom stereocenters. The number of alkyl halides is 3. The molecule has 0 amide bonds. The molecule has 0 radical (unpaired) electrons. The molecule has 10 heteroatoms. The predicted molar refractivity (Wildman–Crippen MR) is 113 cm³/mol. The van der Waals surface area contributed by atoms with E-state index in [0.717, 1.165) is 4.90 Å². The number of ether oxygens (including phenoxy) is 1. The Hall–Kier alpha value is -2.88. The number of rotatable bonds is 4. The highest BCUT2D eigenvalue weighted by Crippen LogP contribution is 2.35. The number of carbonyl (C=O) groups excluding carboxylic acids is 1. The van der Waals surface area contributed by atoms with Gasteiger partial charge in [0.05, 0.1) is 31.8 Å². The van der Waals surface area contributed by atoms with E-state index in [1.54, 1.807) is 30.3 Å². The van der Waals surface area contributed by atoms with E-state index >= 15 is 0 Å². The summed E-state index contributed by atoms with van der Waals surface area (Å²) in [6.07, 6.45) is -4.90. The van der Waals surface area contributed by atoms with E-state index in [2.05, 4.69) is 4.98 Å². The number of anilines is 2. The summed E-state index contributed by atoms with van der Waals surface area (Å²) < 4.78 is 48.5. The fourth-order valence-electron chi connectivity index (χ4n) is 4.44. The van der Waals surface area contributed by atoms with Gasteiger partial charge in [0.1, 0.15) is 11.9 Å². The topological polar surface area (TPSA) is 67.7 Å². The third-order valence-corrected chi connectivity index (χ3v) is 5.95. The van der Waals surface area contributed by atoms with Crippen LogP contribution in [0.15, 0.2) is 41.2 Å². The standard InChI is InChI=1S/C22H25F3N4O3/c1-14-12-32-13-15(2)29(14)19-10-20(31)27-9-8-18(22(23,24)25)28(21(27)26-19)11-17(30)16-6-4-3-5-7-16/h3-7,10,14-15,18H,8-9,11-13H2,1-2H3/t14-,15-,18+/m1/s1. The van der Waals surface area contributed by atoms with Crippen LogP contribution in [-0.4, -0.2) is 59.4 Å². The van der Waals surface area contributed by atoms with E-state index in [0.29, 0.717) is 24.6 Å². The highest BCUT2D eigenvalue weighted by Gasteiger charge is 2.47. The monoisotopic (exact) mass is 450 g/mol. The zero-order valence-corrected chi connectivity index (χ0v) is 17.9. The number of aromatic nitrogens is 2. The molecule has 2 aromatic rings. The van der Waals surface area contributed by atoms with Crippen molar-refractivity contribution in [2.45, 2.75) is 51.1 Å². The van der Waals surface area contributed by atoms with Crippen molar-refractivity contribution in [3.8, 4) is 0 Å². The largest absolute Gasteiger partial charge is 0.408 e. The third kappa shape index (κ3) is 4.23. The Bertz CT molecular complexity index is 1030. The van der Waals surface area contributed by atoms with Crippen molar-refractivity contribution in [3.63, 3.8) is 0 Å². The van der Waals surface area contributed by atoms with Crippen molar-refractivity contribution < 1.29 is 22.7 Å². The Balaban J connectivity index is 1.78. The van der Waals surface area contributed by atoms with Gasteiger partial charge in [0.2, 0.25) is 5.95 Å². The van der Waals surface area contributed by atoms with E-state index in [1.165, 1.54) is 10.6 Å². The molecular formula is C22H25F3N4O3. The van der Waals surface area contributed by atoms with E-state index < -0.39 is 30.1 Å². The molecule has 1 aromatic heterocycles. The SMILES string of the molecule is C[C@@H]1COC[C@@H](C)N1c1cc(=O)n2c(n1)N(CC(=O)c1ccccc1)[C@H](C(F)(F)F)CC2. The van der Waals surface area contributed by atoms with Crippen molar-refractivity contribution in [1.82, 2.24) is 9.55 Å². The molecule has 0 spiro atoms. The maximum atomic E-state index is 13.9. The number of halogens is 3. The number of hydrogen-bond donors (Lipinski definition) is 0. The number of nitrogens with zero attached hydrogens (tertiary/aromatic N) is 4. The van der Waals surface area contributed by atoms with E-state index in [4.69, 9.17) is 4.74 Å². The first-order valence-electron chi connectivity index (χ1n) is 10.6. The molecule has 32 heavy (non-hydrogen) atoms. The number of hydrogen-bond acceptors (Lipinski definition) is 6. The smallest absolute Gasteiger partial charge is 0.377 e. The molecule has 3 heterocycles. The molecular weight excluding hydrogens is 425 g/mol. The van der Waals surface area contributed by atoms with Crippen LogP contribution in [0.3, 0.4) is 0 Å². The van der Waals surface area contributed by atoms with E-state index in [9.17, 15) is 22.8 Å². The fraction of sp³-hybridized carbons (Fsp3) is 0.500. The summed E-state index contributed by atoms with van der Waals surface area (Å²) in [6, 6.07) is 7.39. The van der Waals surface area contributed by atoms with Crippen LogP contribution in [-0.2, 0) is 11.3 Å². The normalized spacial score (nSPS) is 23.7. The molecule has 1 saturated heterocycles. The summed E-state index contributed by atoms with van der Waals surface area (Å²) in [6.45, 7) is 4.01. The lowest BCUT2D eigenvalue weighted by Crippen LogP contribution is -2.55. The molecule has 0 aliphatic carbocycles. The molecule has 0 saturated carbocycles. The highest BCUT2D eigenvalue weighted by molar-refractivity contribution is 5.99. The minimum atomic E-state index is -4.57. The summed E-state index contributed by atoms with van der Waals surface area (Å²) in [5.41, 5.74) is -0.131. The molecule has 7 nitrogen and oxygen atoms in total. The van der Waals surface area contributed by atoms with Gasteiger partial charge in [-0.3, -0.25) is 14.2 Å². The third-order valence-electron chi connectivity index (χ3n) is 5.95. The summed E-state index contributed by atoms with van der Waals surface area (Å²) in [4.78, 5) is 33.0. The molecule has 1 fully saturated rings. The first kappa shape index (κ1) is 22.3. The van der Waals surface area contributed by atoms with Crippen molar-refractivity contribution in [2.75, 3.05) is 29.6 Å². The van der Waals surface area contributed by atoms with Gasteiger partial charge in [-0.2, -0.15) is 18.2 Å². The van der Waals surface area contributed by atoms with Crippen LogP contribution in [0, 0.1) is 0 Å². The van der Waals surface area contributed by atoms with Gasteiger partial charge in [0, 0.05) is 18.2 Å². The molecule has 0 bridgehead atoms. The Morgan fingerprint density at radius 1 is 1.16 bits per heavy atom. The minimum Gasteiger partial charge on any atom is -0.377 e. The Kier molecular flexibility index (Phi) is 5.98. The van der Waals surface area contributed by atoms with Gasteiger partial charge in [0.15, 0.2) is 5.78 Å². The predicted octanol–water partition coefficient (Wildman–Crippen LogP) is 2.88. The van der Waals surface area contributed by atoms with Crippen LogP contribution in [0.4, 0.5) is 24.9 Å². The van der Waals surface area contributed by atoms with Gasteiger partial charge >= 0.3 is 6.18 Å². The second-order valence-corrected chi connectivity index (χ2v) is 8.31. The van der Waals surface area contributed by atoms with E-state index in [1.807, 2.05) is 18.7 Å². The van der Waals surface area contributed by atoms with Gasteiger partial charge in [0.25, 0.3) is 5.56 Å². The van der Waals surface area contributed by atoms with Crippen molar-refractivity contribution in [2.24, 2.45) is 0 Å². The lowest BCUT2D eigenvalue weighted by Gasteiger charge is -2.42. The van der Waals surface area contributed by atoms with Crippen molar-refractivity contribution >= 4 is 17.5 Å².